The Hall–Kier alpha value is -1.58. The van der Waals surface area contributed by atoms with E-state index in [1.807, 2.05) is 23.7 Å². The molecule has 1 aromatic carbocycles. The topological polar surface area (TPSA) is 56.7 Å². The van der Waals surface area contributed by atoms with Crippen LogP contribution in [0.15, 0.2) is 12.1 Å². The lowest BCUT2D eigenvalue weighted by atomic mass is 10.1. The Morgan fingerprint density at radius 1 is 1.40 bits per heavy atom. The number of anilines is 1. The van der Waals surface area contributed by atoms with Crippen molar-refractivity contribution in [3.05, 3.63) is 17.7 Å². The van der Waals surface area contributed by atoms with E-state index in [2.05, 4.69) is 17.2 Å². The number of nitrogen functional groups attached to an aromatic ring is 1. The largest absolute Gasteiger partial charge is 0.398 e. The van der Waals surface area contributed by atoms with Gasteiger partial charge in [0.15, 0.2) is 0 Å². The molecule has 0 aliphatic heterocycles. The molecule has 4 nitrogen and oxygen atoms in total. The monoisotopic (exact) mass is 204 g/mol. The molecule has 2 N–H and O–H groups in total. The maximum Gasteiger partial charge on any atom is 0.118 e. The van der Waals surface area contributed by atoms with Crippen molar-refractivity contribution in [1.29, 1.82) is 0 Å². The third kappa shape index (κ3) is 1.67. The fourth-order valence-electron chi connectivity index (χ4n) is 1.66. The van der Waals surface area contributed by atoms with Crippen molar-refractivity contribution >= 4 is 16.7 Å². The summed E-state index contributed by atoms with van der Waals surface area (Å²) in [5.74, 6) is 0. The fraction of sp³-hybridized carbons (Fsp3) is 0.455. The number of aryl methyl sites for hydroxylation is 2. The Labute approximate surface area is 89.1 Å². The van der Waals surface area contributed by atoms with Gasteiger partial charge in [-0.15, -0.1) is 5.10 Å². The molecule has 0 fully saturated rings. The van der Waals surface area contributed by atoms with Crippen molar-refractivity contribution in [2.24, 2.45) is 0 Å². The lowest BCUT2D eigenvalue weighted by Crippen LogP contribution is -1.99. The highest BCUT2D eigenvalue weighted by atomic mass is 15.4. The van der Waals surface area contributed by atoms with Crippen LogP contribution in [0.5, 0.6) is 0 Å². The first-order chi connectivity index (χ1) is 7.24. The maximum absolute atomic E-state index is 5.82. The zero-order valence-corrected chi connectivity index (χ0v) is 9.20. The summed E-state index contributed by atoms with van der Waals surface area (Å²) < 4.78 is 1.95. The molecule has 0 unspecified atom stereocenters. The van der Waals surface area contributed by atoms with E-state index in [1.165, 1.54) is 0 Å². The average molecular weight is 204 g/mol. The molecular weight excluding hydrogens is 188 g/mol. The molecule has 0 saturated heterocycles. The third-order valence-corrected chi connectivity index (χ3v) is 2.71. The van der Waals surface area contributed by atoms with Crippen molar-refractivity contribution < 1.29 is 0 Å². The van der Waals surface area contributed by atoms with Gasteiger partial charge in [-0.3, -0.25) is 0 Å². The molecule has 0 saturated carbocycles. The minimum atomic E-state index is 0.782. The normalized spacial score (nSPS) is 11.1. The molecule has 1 aromatic heterocycles. The van der Waals surface area contributed by atoms with Gasteiger partial charge >= 0.3 is 0 Å². The number of hydrogen-bond acceptors (Lipinski definition) is 3. The van der Waals surface area contributed by atoms with E-state index in [-0.39, 0.29) is 0 Å². The molecule has 15 heavy (non-hydrogen) atoms. The highest BCUT2D eigenvalue weighted by molar-refractivity contribution is 5.82. The molecular formula is C11H16N4. The van der Waals surface area contributed by atoms with Crippen molar-refractivity contribution in [2.75, 3.05) is 5.73 Å². The van der Waals surface area contributed by atoms with Gasteiger partial charge in [-0.05, 0) is 25.5 Å². The molecule has 0 bridgehead atoms. The molecule has 0 spiro atoms. The molecule has 0 aliphatic carbocycles. The van der Waals surface area contributed by atoms with Gasteiger partial charge in [0.25, 0.3) is 0 Å². The first kappa shape index (κ1) is 9.96. The highest BCUT2D eigenvalue weighted by Gasteiger charge is 2.07. The average Bonchev–Trinajstić information content (AvgIpc) is 2.64. The number of hydrogen-bond donors (Lipinski definition) is 1. The number of nitrogens with zero attached hydrogens (tertiary/aromatic N) is 3. The van der Waals surface area contributed by atoms with E-state index in [1.54, 1.807) is 0 Å². The SMILES string of the molecule is CCCCn1nnc2c(C)c(N)ccc21. The lowest BCUT2D eigenvalue weighted by molar-refractivity contribution is 0.567. The van der Waals surface area contributed by atoms with E-state index < -0.39 is 0 Å². The van der Waals surface area contributed by atoms with Crippen LogP contribution in [0.1, 0.15) is 25.3 Å². The van der Waals surface area contributed by atoms with Gasteiger partial charge in [0, 0.05) is 17.8 Å². The van der Waals surface area contributed by atoms with Crippen molar-refractivity contribution in [3.63, 3.8) is 0 Å². The number of nitrogens with two attached hydrogens (primary N) is 1. The minimum Gasteiger partial charge on any atom is -0.398 e. The smallest absolute Gasteiger partial charge is 0.118 e. The molecule has 4 heteroatoms. The summed E-state index contributed by atoms with van der Waals surface area (Å²) in [6, 6.07) is 3.91. The summed E-state index contributed by atoms with van der Waals surface area (Å²) in [4.78, 5) is 0. The first-order valence-electron chi connectivity index (χ1n) is 5.32. The summed E-state index contributed by atoms with van der Waals surface area (Å²) in [7, 11) is 0. The molecule has 1 heterocycles. The Kier molecular flexibility index (Phi) is 2.58. The van der Waals surface area contributed by atoms with Gasteiger partial charge in [0.2, 0.25) is 0 Å². The minimum absolute atomic E-state index is 0.782. The number of unbranched alkanes of at least 4 members (excludes halogenated alkanes) is 1. The second-order valence-corrected chi connectivity index (χ2v) is 3.81. The Bertz CT molecular complexity index is 473. The molecule has 0 aliphatic rings. The van der Waals surface area contributed by atoms with E-state index in [4.69, 9.17) is 5.73 Å². The van der Waals surface area contributed by atoms with Gasteiger partial charge in [0.05, 0.1) is 5.52 Å². The van der Waals surface area contributed by atoms with Crippen LogP contribution in [0.3, 0.4) is 0 Å². The molecule has 0 amide bonds. The lowest BCUT2D eigenvalue weighted by Gasteiger charge is -2.02. The second-order valence-electron chi connectivity index (χ2n) is 3.81. The third-order valence-electron chi connectivity index (χ3n) is 2.71. The fourth-order valence-corrected chi connectivity index (χ4v) is 1.66. The van der Waals surface area contributed by atoms with Gasteiger partial charge in [-0.2, -0.15) is 0 Å². The van der Waals surface area contributed by atoms with E-state index in [0.29, 0.717) is 0 Å². The quantitative estimate of drug-likeness (QED) is 0.779. The van der Waals surface area contributed by atoms with Gasteiger partial charge in [-0.1, -0.05) is 18.6 Å². The maximum atomic E-state index is 5.82. The Morgan fingerprint density at radius 2 is 2.20 bits per heavy atom. The number of benzene rings is 1. The number of aromatic nitrogens is 3. The van der Waals surface area contributed by atoms with Gasteiger partial charge < -0.3 is 5.73 Å². The zero-order valence-electron chi connectivity index (χ0n) is 9.20. The van der Waals surface area contributed by atoms with Crippen LogP contribution in [-0.4, -0.2) is 15.0 Å². The summed E-state index contributed by atoms with van der Waals surface area (Å²) in [5.41, 5.74) is 9.63. The zero-order chi connectivity index (χ0) is 10.8. The molecule has 80 valence electrons. The van der Waals surface area contributed by atoms with Crippen LogP contribution in [0, 0.1) is 6.92 Å². The first-order valence-corrected chi connectivity index (χ1v) is 5.32. The van der Waals surface area contributed by atoms with E-state index >= 15 is 0 Å². The van der Waals surface area contributed by atoms with Gasteiger partial charge in [-0.25, -0.2) is 4.68 Å². The summed E-state index contributed by atoms with van der Waals surface area (Å²) in [6.07, 6.45) is 2.29. The summed E-state index contributed by atoms with van der Waals surface area (Å²) in [6.45, 7) is 5.08. The molecule has 2 aromatic rings. The van der Waals surface area contributed by atoms with Crippen LogP contribution in [0.2, 0.25) is 0 Å². The Balaban J connectivity index is 2.47. The number of fused-ring (bicyclic) bond motifs is 1. The number of rotatable bonds is 3. The van der Waals surface area contributed by atoms with Crippen LogP contribution >= 0.6 is 0 Å². The van der Waals surface area contributed by atoms with Crippen molar-refractivity contribution in [3.8, 4) is 0 Å². The summed E-state index contributed by atoms with van der Waals surface area (Å²) >= 11 is 0. The second kappa shape index (κ2) is 3.88. The molecule has 2 rings (SSSR count). The van der Waals surface area contributed by atoms with Gasteiger partial charge in [0.1, 0.15) is 5.52 Å². The van der Waals surface area contributed by atoms with Crippen LogP contribution in [0.25, 0.3) is 11.0 Å². The van der Waals surface area contributed by atoms with Crippen LogP contribution in [-0.2, 0) is 6.54 Å². The predicted octanol–water partition coefficient (Wildman–Crippen LogP) is 2.12. The summed E-state index contributed by atoms with van der Waals surface area (Å²) in [5, 5.41) is 8.31. The van der Waals surface area contributed by atoms with E-state index in [0.717, 1.165) is 41.7 Å². The van der Waals surface area contributed by atoms with Crippen molar-refractivity contribution in [2.45, 2.75) is 33.2 Å². The standard InChI is InChI=1S/C11H16N4/c1-3-4-7-15-10-6-5-9(12)8(2)11(10)13-14-15/h5-6H,3-4,7,12H2,1-2H3. The molecule has 0 radical (unpaired) electrons. The molecule has 0 atom stereocenters. The van der Waals surface area contributed by atoms with Crippen LogP contribution in [0.4, 0.5) is 5.69 Å². The van der Waals surface area contributed by atoms with Crippen molar-refractivity contribution in [1.82, 2.24) is 15.0 Å². The van der Waals surface area contributed by atoms with E-state index in [9.17, 15) is 0 Å². The van der Waals surface area contributed by atoms with Crippen LogP contribution < -0.4 is 5.73 Å². The highest BCUT2D eigenvalue weighted by Crippen LogP contribution is 2.21. The Morgan fingerprint density at radius 3 is 2.93 bits per heavy atom. The predicted molar refractivity (Wildman–Crippen MR) is 61.6 cm³/mol.